The Morgan fingerprint density at radius 1 is 1.17 bits per heavy atom. The Labute approximate surface area is 71.8 Å². The van der Waals surface area contributed by atoms with Crippen LogP contribution in [0.3, 0.4) is 0 Å². The van der Waals surface area contributed by atoms with Crippen LogP contribution in [0, 0.1) is 0 Å². The van der Waals surface area contributed by atoms with Crippen LogP contribution in [0.15, 0.2) is 0 Å². The fourth-order valence-corrected chi connectivity index (χ4v) is 1.61. The Kier molecular flexibility index (Phi) is 4.36. The molecule has 0 saturated heterocycles. The van der Waals surface area contributed by atoms with E-state index in [9.17, 15) is 13.2 Å². The molecule has 0 heterocycles. The molecule has 12 heavy (non-hydrogen) atoms. The molecular weight excluding hydrogens is 193 g/mol. The smallest absolute Gasteiger partial charge is 0.288 e. The van der Waals surface area contributed by atoms with Crippen LogP contribution < -0.4 is 0 Å². The topological polar surface area (TPSA) is 18.5 Å². The molecule has 0 unspecified atom stereocenters. The van der Waals surface area contributed by atoms with Crippen molar-refractivity contribution in [2.75, 3.05) is 26.2 Å². The lowest BCUT2D eigenvalue weighted by Gasteiger charge is -2.36. The van der Waals surface area contributed by atoms with Gasteiger partial charge >= 0.3 is 6.18 Å². The third-order valence-corrected chi connectivity index (χ3v) is 3.82. The lowest BCUT2D eigenvalue weighted by atomic mass is 10.5. The standard InChI is InChI=1S/C6H13F3O2S/c1-10-12(3,11-2)5-4-6(7,8)9/h4-5H2,1-3H3. The van der Waals surface area contributed by atoms with Gasteiger partial charge in [0.15, 0.2) is 0 Å². The minimum Gasteiger partial charge on any atom is -0.288 e. The predicted octanol–water partition coefficient (Wildman–Crippen LogP) is 2.50. The number of rotatable bonds is 4. The van der Waals surface area contributed by atoms with Crippen LogP contribution in [0.4, 0.5) is 13.2 Å². The highest BCUT2D eigenvalue weighted by Crippen LogP contribution is 2.46. The molecule has 0 N–H and O–H groups in total. The van der Waals surface area contributed by atoms with Gasteiger partial charge in [-0.05, 0) is 0 Å². The first-order chi connectivity index (χ1) is 5.33. The summed E-state index contributed by atoms with van der Waals surface area (Å²) in [6.45, 7) is 0. The number of hydrogen-bond acceptors (Lipinski definition) is 2. The molecule has 0 aromatic rings. The van der Waals surface area contributed by atoms with Gasteiger partial charge in [0, 0.05) is 12.0 Å². The average Bonchev–Trinajstić information content (AvgIpc) is 1.99. The van der Waals surface area contributed by atoms with Crippen LogP contribution in [-0.4, -0.2) is 32.4 Å². The van der Waals surface area contributed by atoms with E-state index in [1.54, 1.807) is 6.26 Å². The molecule has 0 aromatic carbocycles. The zero-order valence-corrected chi connectivity index (χ0v) is 8.09. The highest BCUT2D eigenvalue weighted by molar-refractivity contribution is 8.25. The van der Waals surface area contributed by atoms with E-state index >= 15 is 0 Å². The molecule has 0 aliphatic carbocycles. The highest BCUT2D eigenvalue weighted by atomic mass is 32.3. The fraction of sp³-hybridized carbons (Fsp3) is 1.00. The summed E-state index contributed by atoms with van der Waals surface area (Å²) in [7, 11) is 0.745. The summed E-state index contributed by atoms with van der Waals surface area (Å²) in [5, 5.41) is 0. The molecule has 2 nitrogen and oxygen atoms in total. The predicted molar refractivity (Wildman–Crippen MR) is 43.1 cm³/mol. The first-order valence-electron chi connectivity index (χ1n) is 3.27. The highest BCUT2D eigenvalue weighted by Gasteiger charge is 2.29. The Morgan fingerprint density at radius 3 is 1.83 bits per heavy atom. The Balaban J connectivity index is 3.89. The summed E-state index contributed by atoms with van der Waals surface area (Å²) in [6, 6.07) is 0. The lowest BCUT2D eigenvalue weighted by molar-refractivity contribution is -0.130. The van der Waals surface area contributed by atoms with Crippen molar-refractivity contribution in [1.29, 1.82) is 0 Å². The van der Waals surface area contributed by atoms with Crippen LogP contribution in [0.1, 0.15) is 6.42 Å². The van der Waals surface area contributed by atoms with Gasteiger partial charge in [-0.2, -0.15) is 23.8 Å². The maximum absolute atomic E-state index is 11.8. The van der Waals surface area contributed by atoms with Crippen molar-refractivity contribution in [2.45, 2.75) is 12.6 Å². The van der Waals surface area contributed by atoms with Crippen molar-refractivity contribution in [1.82, 2.24) is 0 Å². The van der Waals surface area contributed by atoms with Crippen LogP contribution in [-0.2, 0) is 8.37 Å². The second kappa shape index (κ2) is 4.34. The first kappa shape index (κ1) is 12.1. The van der Waals surface area contributed by atoms with Gasteiger partial charge in [-0.3, -0.25) is 8.37 Å². The van der Waals surface area contributed by atoms with E-state index in [0.717, 1.165) is 0 Å². The van der Waals surface area contributed by atoms with Crippen molar-refractivity contribution in [3.63, 3.8) is 0 Å². The van der Waals surface area contributed by atoms with E-state index in [1.807, 2.05) is 0 Å². The number of hydrogen-bond donors (Lipinski definition) is 0. The molecule has 0 spiro atoms. The van der Waals surface area contributed by atoms with Crippen molar-refractivity contribution < 1.29 is 21.5 Å². The van der Waals surface area contributed by atoms with Crippen molar-refractivity contribution in [3.05, 3.63) is 0 Å². The minimum atomic E-state index is -4.13. The molecule has 6 heteroatoms. The maximum atomic E-state index is 11.8. The summed E-state index contributed by atoms with van der Waals surface area (Å²) in [5.41, 5.74) is 0. The van der Waals surface area contributed by atoms with E-state index < -0.39 is 23.2 Å². The number of alkyl halides is 3. The largest absolute Gasteiger partial charge is 0.390 e. The molecule has 0 aliphatic heterocycles. The van der Waals surface area contributed by atoms with E-state index in [2.05, 4.69) is 0 Å². The molecule has 0 atom stereocenters. The zero-order valence-electron chi connectivity index (χ0n) is 7.27. The molecule has 76 valence electrons. The van der Waals surface area contributed by atoms with E-state index in [4.69, 9.17) is 8.37 Å². The average molecular weight is 206 g/mol. The molecular formula is C6H13F3O2S. The molecule has 0 saturated carbocycles. The van der Waals surface area contributed by atoms with Crippen molar-refractivity contribution >= 4 is 10.6 Å². The van der Waals surface area contributed by atoms with Gasteiger partial charge in [-0.15, -0.1) is 0 Å². The van der Waals surface area contributed by atoms with Crippen LogP contribution in [0.25, 0.3) is 0 Å². The number of halogens is 3. The summed E-state index contributed by atoms with van der Waals surface area (Å²) in [5.74, 6) is -0.108. The normalized spacial score (nSPS) is 14.8. The molecule has 0 aromatic heterocycles. The van der Waals surface area contributed by atoms with Gasteiger partial charge < -0.3 is 0 Å². The lowest BCUT2D eigenvalue weighted by Crippen LogP contribution is -2.15. The maximum Gasteiger partial charge on any atom is 0.390 e. The van der Waals surface area contributed by atoms with Gasteiger partial charge in [0.1, 0.15) is 0 Å². The summed E-state index contributed by atoms with van der Waals surface area (Å²) in [4.78, 5) is 0. The van der Waals surface area contributed by atoms with Gasteiger partial charge in [-0.25, -0.2) is 0 Å². The minimum absolute atomic E-state index is 0.108. The van der Waals surface area contributed by atoms with E-state index in [0.29, 0.717) is 0 Å². The second-order valence-electron chi connectivity index (χ2n) is 2.33. The summed E-state index contributed by atoms with van der Waals surface area (Å²) < 4.78 is 45.0. The van der Waals surface area contributed by atoms with Gasteiger partial charge in [0.2, 0.25) is 0 Å². The third kappa shape index (κ3) is 4.84. The molecule has 0 rings (SSSR count). The van der Waals surface area contributed by atoms with Crippen LogP contribution >= 0.6 is 10.6 Å². The van der Waals surface area contributed by atoms with Gasteiger partial charge in [0.25, 0.3) is 0 Å². The molecule has 0 aliphatic rings. The van der Waals surface area contributed by atoms with Gasteiger partial charge in [-0.1, -0.05) is 0 Å². The molecule has 0 amide bonds. The second-order valence-corrected chi connectivity index (χ2v) is 5.25. The van der Waals surface area contributed by atoms with Crippen LogP contribution in [0.2, 0.25) is 0 Å². The zero-order chi connectivity index (χ0) is 9.83. The van der Waals surface area contributed by atoms with Gasteiger partial charge in [0.05, 0.1) is 20.6 Å². The monoisotopic (exact) mass is 206 g/mol. The molecule has 0 bridgehead atoms. The van der Waals surface area contributed by atoms with Crippen LogP contribution in [0.5, 0.6) is 0 Å². The third-order valence-electron chi connectivity index (χ3n) is 1.46. The summed E-state index contributed by atoms with van der Waals surface area (Å²) >= 11 is 0. The Morgan fingerprint density at radius 2 is 1.58 bits per heavy atom. The quantitative estimate of drug-likeness (QED) is 0.703. The van der Waals surface area contributed by atoms with E-state index in [-0.39, 0.29) is 5.75 Å². The SMILES string of the molecule is COS(C)(CCC(F)(F)F)OC. The Hall–Kier alpha value is 0.0600. The first-order valence-corrected chi connectivity index (χ1v) is 5.33. The summed E-state index contributed by atoms with van der Waals surface area (Å²) in [6.07, 6.45) is -3.44. The molecule has 0 fully saturated rings. The fourth-order valence-electron chi connectivity index (χ4n) is 0.536. The van der Waals surface area contributed by atoms with Crippen molar-refractivity contribution in [2.24, 2.45) is 0 Å². The van der Waals surface area contributed by atoms with Crippen molar-refractivity contribution in [3.8, 4) is 0 Å². The molecule has 0 radical (unpaired) electrons. The Bertz CT molecular complexity index is 133. The van der Waals surface area contributed by atoms with E-state index in [1.165, 1.54) is 14.2 Å².